The molecule has 0 saturated heterocycles. The van der Waals surface area contributed by atoms with Crippen LogP contribution >= 0.6 is 0 Å². The maximum atomic E-state index is 12.8. The van der Waals surface area contributed by atoms with Crippen LogP contribution in [-0.4, -0.2) is 45.9 Å². The SMILES string of the molecule is O=C(O)[C@H](CO)N(C(=O)c1ccccc1)C(F)(F)F. The van der Waals surface area contributed by atoms with Gasteiger partial charge in [0.1, 0.15) is 0 Å². The number of hydrogen-bond acceptors (Lipinski definition) is 3. The van der Waals surface area contributed by atoms with E-state index in [0.717, 1.165) is 12.1 Å². The van der Waals surface area contributed by atoms with Crippen molar-refractivity contribution in [3.8, 4) is 0 Å². The van der Waals surface area contributed by atoms with E-state index in [1.54, 1.807) is 0 Å². The lowest BCUT2D eigenvalue weighted by Gasteiger charge is -2.29. The number of aliphatic hydroxyl groups is 1. The predicted molar refractivity (Wildman–Crippen MR) is 57.2 cm³/mol. The third kappa shape index (κ3) is 3.44. The van der Waals surface area contributed by atoms with E-state index in [1.165, 1.54) is 18.2 Å². The summed E-state index contributed by atoms with van der Waals surface area (Å²) in [7, 11) is 0. The summed E-state index contributed by atoms with van der Waals surface area (Å²) in [5.41, 5.74) is -0.320. The van der Waals surface area contributed by atoms with Crippen LogP contribution < -0.4 is 0 Å². The second-order valence-corrected chi connectivity index (χ2v) is 3.55. The Morgan fingerprint density at radius 3 is 2.11 bits per heavy atom. The number of carbonyl (C=O) groups excluding carboxylic acids is 1. The van der Waals surface area contributed by atoms with Gasteiger partial charge in [-0.05, 0) is 12.1 Å². The average Bonchev–Trinajstić information content (AvgIpc) is 2.34. The van der Waals surface area contributed by atoms with Crippen LogP contribution in [0.1, 0.15) is 10.4 Å². The predicted octanol–water partition coefficient (Wildman–Crippen LogP) is 1.09. The number of halogens is 3. The zero-order valence-corrected chi connectivity index (χ0v) is 9.46. The topological polar surface area (TPSA) is 77.8 Å². The van der Waals surface area contributed by atoms with Gasteiger partial charge < -0.3 is 10.2 Å². The number of carbonyl (C=O) groups is 2. The number of nitrogens with zero attached hydrogens (tertiary/aromatic N) is 1. The molecule has 5 nitrogen and oxygen atoms in total. The number of aliphatic hydroxyl groups excluding tert-OH is 1. The van der Waals surface area contributed by atoms with Crippen molar-refractivity contribution < 1.29 is 33.0 Å². The van der Waals surface area contributed by atoms with Gasteiger partial charge in [-0.15, -0.1) is 13.2 Å². The van der Waals surface area contributed by atoms with Crippen molar-refractivity contribution >= 4 is 11.9 Å². The molecule has 0 heterocycles. The second-order valence-electron chi connectivity index (χ2n) is 3.55. The summed E-state index contributed by atoms with van der Waals surface area (Å²) in [5.74, 6) is -3.47. The van der Waals surface area contributed by atoms with Gasteiger partial charge in [0.05, 0.1) is 6.61 Å². The monoisotopic (exact) mass is 277 g/mol. The highest BCUT2D eigenvalue weighted by molar-refractivity contribution is 5.96. The molecule has 1 amide bonds. The molecular formula is C11H10F3NO4. The largest absolute Gasteiger partial charge is 0.488 e. The Morgan fingerprint density at radius 1 is 1.21 bits per heavy atom. The fraction of sp³-hybridized carbons (Fsp3) is 0.273. The number of aliphatic carboxylic acids is 1. The smallest absolute Gasteiger partial charge is 0.480 e. The Labute approximate surface area is 105 Å². The van der Waals surface area contributed by atoms with Gasteiger partial charge >= 0.3 is 12.3 Å². The molecule has 104 valence electrons. The van der Waals surface area contributed by atoms with Crippen LogP contribution in [0.3, 0.4) is 0 Å². The van der Waals surface area contributed by atoms with Gasteiger partial charge in [0, 0.05) is 5.56 Å². The van der Waals surface area contributed by atoms with E-state index in [1.807, 2.05) is 0 Å². The van der Waals surface area contributed by atoms with Crippen LogP contribution in [0.25, 0.3) is 0 Å². The molecule has 19 heavy (non-hydrogen) atoms. The van der Waals surface area contributed by atoms with Crippen LogP contribution in [0.5, 0.6) is 0 Å². The average molecular weight is 277 g/mol. The minimum absolute atomic E-state index is 0.320. The van der Waals surface area contributed by atoms with E-state index in [9.17, 15) is 22.8 Å². The molecule has 0 radical (unpaired) electrons. The van der Waals surface area contributed by atoms with Crippen molar-refractivity contribution in [2.24, 2.45) is 0 Å². The normalized spacial score (nSPS) is 12.8. The Morgan fingerprint density at radius 2 is 1.74 bits per heavy atom. The summed E-state index contributed by atoms with van der Waals surface area (Å²) in [6.45, 7) is -1.34. The molecule has 0 aromatic heterocycles. The highest BCUT2D eigenvalue weighted by atomic mass is 19.4. The minimum atomic E-state index is -5.21. The molecule has 1 aromatic carbocycles. The first-order valence-electron chi connectivity index (χ1n) is 5.08. The maximum Gasteiger partial charge on any atom is 0.488 e. The summed E-state index contributed by atoms with van der Waals surface area (Å²) in [6, 6.07) is 4.05. The molecule has 0 fully saturated rings. The van der Waals surface area contributed by atoms with E-state index < -0.39 is 35.7 Å². The third-order valence-corrected chi connectivity index (χ3v) is 2.28. The second kappa shape index (κ2) is 5.70. The van der Waals surface area contributed by atoms with Crippen molar-refractivity contribution in [1.82, 2.24) is 4.90 Å². The van der Waals surface area contributed by atoms with Crippen molar-refractivity contribution in [1.29, 1.82) is 0 Å². The summed E-state index contributed by atoms with van der Waals surface area (Å²) in [6.07, 6.45) is -5.21. The van der Waals surface area contributed by atoms with Gasteiger partial charge in [-0.25, -0.2) is 9.69 Å². The van der Waals surface area contributed by atoms with E-state index in [4.69, 9.17) is 10.2 Å². The zero-order valence-electron chi connectivity index (χ0n) is 9.46. The number of alkyl halides is 3. The number of carboxylic acid groups (broad SMARTS) is 1. The molecule has 0 spiro atoms. The number of carboxylic acids is 1. The summed E-state index contributed by atoms with van der Waals surface area (Å²) < 4.78 is 38.4. The Bertz CT molecular complexity index is 461. The molecule has 1 rings (SSSR count). The highest BCUT2D eigenvalue weighted by Gasteiger charge is 2.48. The quantitative estimate of drug-likeness (QED) is 0.808. The van der Waals surface area contributed by atoms with Crippen molar-refractivity contribution in [2.75, 3.05) is 6.61 Å². The van der Waals surface area contributed by atoms with Crippen molar-refractivity contribution in [3.63, 3.8) is 0 Å². The van der Waals surface area contributed by atoms with Gasteiger partial charge in [-0.3, -0.25) is 4.79 Å². The zero-order chi connectivity index (χ0) is 14.6. The summed E-state index contributed by atoms with van der Waals surface area (Å²) >= 11 is 0. The van der Waals surface area contributed by atoms with Crippen LogP contribution in [0.15, 0.2) is 30.3 Å². The fourth-order valence-electron chi connectivity index (χ4n) is 1.42. The minimum Gasteiger partial charge on any atom is -0.480 e. The van der Waals surface area contributed by atoms with Gasteiger partial charge in [0.15, 0.2) is 6.04 Å². The molecule has 0 saturated carbocycles. The first kappa shape index (κ1) is 15.0. The highest BCUT2D eigenvalue weighted by Crippen LogP contribution is 2.26. The lowest BCUT2D eigenvalue weighted by atomic mass is 10.1. The standard InChI is InChI=1S/C11H10F3NO4/c12-11(13,14)15(8(6-16)10(18)19)9(17)7-4-2-1-3-5-7/h1-5,8,16H,6H2,(H,18,19)/t8-/m0/s1. The van der Waals surface area contributed by atoms with Gasteiger partial charge in [0.2, 0.25) is 0 Å². The lowest BCUT2D eigenvalue weighted by Crippen LogP contribution is -2.54. The molecule has 0 unspecified atom stereocenters. The summed E-state index contributed by atoms with van der Waals surface area (Å²) in [4.78, 5) is 21.6. The van der Waals surface area contributed by atoms with E-state index >= 15 is 0 Å². The third-order valence-electron chi connectivity index (χ3n) is 2.28. The molecule has 0 aliphatic carbocycles. The van der Waals surface area contributed by atoms with Crippen LogP contribution in [-0.2, 0) is 4.79 Å². The molecule has 0 aliphatic rings. The van der Waals surface area contributed by atoms with Crippen LogP contribution in [0, 0.1) is 0 Å². The molecule has 2 N–H and O–H groups in total. The lowest BCUT2D eigenvalue weighted by molar-refractivity contribution is -0.240. The van der Waals surface area contributed by atoms with E-state index in [-0.39, 0.29) is 5.56 Å². The summed E-state index contributed by atoms with van der Waals surface area (Å²) in [5, 5.41) is 17.4. The first-order valence-corrected chi connectivity index (χ1v) is 5.08. The Kier molecular flexibility index (Phi) is 4.49. The maximum absolute atomic E-state index is 12.8. The number of benzene rings is 1. The van der Waals surface area contributed by atoms with Gasteiger partial charge in [-0.1, -0.05) is 18.2 Å². The molecular weight excluding hydrogens is 267 g/mol. The first-order chi connectivity index (χ1) is 8.79. The number of hydrogen-bond donors (Lipinski definition) is 2. The van der Waals surface area contributed by atoms with Crippen LogP contribution in [0.4, 0.5) is 13.2 Å². The number of rotatable bonds is 4. The van der Waals surface area contributed by atoms with Crippen molar-refractivity contribution in [2.45, 2.75) is 12.3 Å². The van der Waals surface area contributed by atoms with Gasteiger partial charge in [0.25, 0.3) is 5.91 Å². The molecule has 8 heteroatoms. The molecule has 0 bridgehead atoms. The Balaban J connectivity index is 3.19. The van der Waals surface area contributed by atoms with Crippen molar-refractivity contribution in [3.05, 3.63) is 35.9 Å². The van der Waals surface area contributed by atoms with Gasteiger partial charge in [-0.2, -0.15) is 0 Å². The number of amides is 1. The van der Waals surface area contributed by atoms with Crippen LogP contribution in [0.2, 0.25) is 0 Å². The molecule has 1 aromatic rings. The Hall–Kier alpha value is -2.09. The molecule has 0 aliphatic heterocycles. The van der Waals surface area contributed by atoms with E-state index in [2.05, 4.69) is 0 Å². The molecule has 1 atom stereocenters. The van der Waals surface area contributed by atoms with E-state index in [0.29, 0.717) is 0 Å². The fourth-order valence-corrected chi connectivity index (χ4v) is 1.42.